The highest BCUT2D eigenvalue weighted by molar-refractivity contribution is 6.34. The van der Waals surface area contributed by atoms with E-state index in [1.165, 1.54) is 12.1 Å². The zero-order valence-corrected chi connectivity index (χ0v) is 17.7. The second-order valence-corrected chi connectivity index (χ2v) is 7.78. The number of hydrogen-bond acceptors (Lipinski definition) is 5. The van der Waals surface area contributed by atoms with Crippen molar-refractivity contribution in [3.05, 3.63) is 81.9 Å². The second kappa shape index (κ2) is 8.86. The molecule has 0 saturated heterocycles. The third-order valence-corrected chi connectivity index (χ3v) is 5.92. The van der Waals surface area contributed by atoms with Crippen LogP contribution in [-0.4, -0.2) is 31.2 Å². The number of rotatable bonds is 7. The van der Waals surface area contributed by atoms with Crippen LogP contribution in [0.4, 0.5) is 8.78 Å². The molecule has 0 amide bonds. The van der Waals surface area contributed by atoms with Gasteiger partial charge in [-0.3, -0.25) is 4.79 Å². The van der Waals surface area contributed by atoms with Crippen LogP contribution < -0.4 is 15.2 Å². The summed E-state index contributed by atoms with van der Waals surface area (Å²) in [5.74, 6) is -1.73. The number of hydrogen-bond donors (Lipinski definition) is 2. The normalized spacial score (nSPS) is 17.0. The van der Waals surface area contributed by atoms with Gasteiger partial charge in [-0.1, -0.05) is 41.9 Å². The predicted octanol–water partition coefficient (Wildman–Crippen LogP) is 4.26. The molecule has 0 spiro atoms. The van der Waals surface area contributed by atoms with Crippen molar-refractivity contribution in [1.82, 2.24) is 0 Å². The molecule has 8 heteroatoms. The Kier molecular flexibility index (Phi) is 6.15. The van der Waals surface area contributed by atoms with E-state index >= 15 is 4.39 Å². The van der Waals surface area contributed by atoms with Gasteiger partial charge >= 0.3 is 0 Å². The molecule has 0 radical (unpaired) electrons. The van der Waals surface area contributed by atoms with Crippen molar-refractivity contribution in [2.24, 2.45) is 5.73 Å². The monoisotopic (exact) mass is 459 g/mol. The zero-order valence-electron chi connectivity index (χ0n) is 16.9. The first-order chi connectivity index (χ1) is 15.5. The summed E-state index contributed by atoms with van der Waals surface area (Å²) in [7, 11) is 0. The number of carbonyl (C=O) groups is 1. The molecule has 0 aromatic heterocycles. The fraction of sp³-hybridized carbons (Fsp3) is 0.208. The molecule has 0 fully saturated rings. The molecule has 0 bridgehead atoms. The SMILES string of the molecule is NC[C@@]1(c2ccccc2)Cc2c(cc(F)c(Cl)c2-c2c(C=O)ccc(OCCO)c2F)O1. The molecule has 4 rings (SSSR count). The minimum Gasteiger partial charge on any atom is -0.488 e. The van der Waals surface area contributed by atoms with Gasteiger partial charge in [-0.15, -0.1) is 0 Å². The van der Waals surface area contributed by atoms with E-state index in [4.69, 9.17) is 31.9 Å². The zero-order chi connectivity index (χ0) is 22.9. The average molecular weight is 460 g/mol. The molecule has 1 heterocycles. The lowest BCUT2D eigenvalue weighted by Crippen LogP contribution is -2.39. The number of benzene rings is 3. The van der Waals surface area contributed by atoms with Crippen molar-refractivity contribution in [2.45, 2.75) is 12.0 Å². The maximum atomic E-state index is 15.5. The quantitative estimate of drug-likeness (QED) is 0.516. The fourth-order valence-corrected chi connectivity index (χ4v) is 4.29. The number of aliphatic hydroxyl groups is 1. The molecule has 3 aromatic rings. The number of aldehydes is 1. The molecule has 5 nitrogen and oxygen atoms in total. The summed E-state index contributed by atoms with van der Waals surface area (Å²) in [6.07, 6.45) is 0.655. The summed E-state index contributed by atoms with van der Waals surface area (Å²) in [4.78, 5) is 11.7. The van der Waals surface area contributed by atoms with E-state index in [-0.39, 0.29) is 59.4 Å². The molecular weight excluding hydrogens is 440 g/mol. The van der Waals surface area contributed by atoms with E-state index in [1.54, 1.807) is 0 Å². The largest absolute Gasteiger partial charge is 0.488 e. The van der Waals surface area contributed by atoms with Crippen molar-refractivity contribution in [2.75, 3.05) is 19.8 Å². The standard InChI is InChI=1S/C24H20ClF2NO4/c25-22-17(26)10-19-16(11-24(13-28,32-19)15-4-2-1-3-5-15)21(22)20-14(12-30)6-7-18(23(20)27)31-9-8-29/h1-7,10,12,29H,8-9,11,13,28H2/t24-/m1/s1. The maximum Gasteiger partial charge on any atom is 0.173 e. The third kappa shape index (κ3) is 3.62. The number of nitrogens with two attached hydrogens (primary N) is 1. The van der Waals surface area contributed by atoms with Crippen LogP contribution in [0.5, 0.6) is 11.5 Å². The van der Waals surface area contributed by atoms with Crippen molar-refractivity contribution in [3.8, 4) is 22.6 Å². The highest BCUT2D eigenvalue weighted by Gasteiger charge is 2.43. The predicted molar refractivity (Wildman–Crippen MR) is 116 cm³/mol. The highest BCUT2D eigenvalue weighted by atomic mass is 35.5. The first-order valence-electron chi connectivity index (χ1n) is 9.93. The topological polar surface area (TPSA) is 81.8 Å². The molecule has 0 unspecified atom stereocenters. The Morgan fingerprint density at radius 3 is 2.59 bits per heavy atom. The van der Waals surface area contributed by atoms with E-state index in [0.29, 0.717) is 11.8 Å². The molecule has 3 N–H and O–H groups in total. The van der Waals surface area contributed by atoms with Gasteiger partial charge in [0.1, 0.15) is 18.2 Å². The summed E-state index contributed by atoms with van der Waals surface area (Å²) < 4.78 is 41.7. The van der Waals surface area contributed by atoms with Crippen molar-refractivity contribution >= 4 is 17.9 Å². The van der Waals surface area contributed by atoms with E-state index in [9.17, 15) is 9.18 Å². The van der Waals surface area contributed by atoms with Crippen LogP contribution in [0.25, 0.3) is 11.1 Å². The average Bonchev–Trinajstić information content (AvgIpc) is 3.19. The Hall–Kier alpha value is -3.00. The van der Waals surface area contributed by atoms with Gasteiger partial charge < -0.3 is 20.3 Å². The van der Waals surface area contributed by atoms with Gasteiger partial charge in [-0.05, 0) is 17.7 Å². The summed E-state index contributed by atoms with van der Waals surface area (Å²) in [6, 6.07) is 13.0. The number of halogens is 3. The molecule has 32 heavy (non-hydrogen) atoms. The van der Waals surface area contributed by atoms with Crippen LogP contribution in [0, 0.1) is 11.6 Å². The molecule has 3 aromatic carbocycles. The van der Waals surface area contributed by atoms with Gasteiger partial charge in [0, 0.05) is 41.3 Å². The molecular formula is C24H20ClF2NO4. The van der Waals surface area contributed by atoms with Crippen molar-refractivity contribution < 1.29 is 28.2 Å². The van der Waals surface area contributed by atoms with Gasteiger partial charge in [-0.2, -0.15) is 0 Å². The molecule has 1 aliphatic rings. The summed E-state index contributed by atoms with van der Waals surface area (Å²) in [6.45, 7) is -0.406. The van der Waals surface area contributed by atoms with E-state index in [2.05, 4.69) is 0 Å². The van der Waals surface area contributed by atoms with Crippen molar-refractivity contribution in [3.63, 3.8) is 0 Å². The van der Waals surface area contributed by atoms with Crippen LogP contribution in [0.2, 0.25) is 5.02 Å². The fourth-order valence-electron chi connectivity index (χ4n) is 4.03. The van der Waals surface area contributed by atoms with Gasteiger partial charge in [0.2, 0.25) is 0 Å². The Morgan fingerprint density at radius 1 is 1.19 bits per heavy atom. The second-order valence-electron chi connectivity index (χ2n) is 7.40. The van der Waals surface area contributed by atoms with Crippen LogP contribution >= 0.6 is 11.6 Å². The molecule has 166 valence electrons. The third-order valence-electron chi connectivity index (χ3n) is 5.55. The van der Waals surface area contributed by atoms with E-state index < -0.39 is 17.2 Å². The van der Waals surface area contributed by atoms with Gasteiger partial charge in [0.05, 0.1) is 11.6 Å². The van der Waals surface area contributed by atoms with Crippen LogP contribution in [-0.2, 0) is 12.0 Å². The lowest BCUT2D eigenvalue weighted by Gasteiger charge is -2.27. The minimum absolute atomic E-state index is 0.0157. The molecule has 1 aliphatic heterocycles. The van der Waals surface area contributed by atoms with Crippen LogP contribution in [0.15, 0.2) is 48.5 Å². The van der Waals surface area contributed by atoms with E-state index in [0.717, 1.165) is 11.6 Å². The highest BCUT2D eigenvalue weighted by Crippen LogP contribution is 2.50. The number of carbonyl (C=O) groups excluding carboxylic acids is 1. The first kappa shape index (κ1) is 22.2. The minimum atomic E-state index is -1.00. The van der Waals surface area contributed by atoms with Crippen LogP contribution in [0.1, 0.15) is 21.5 Å². The molecule has 0 saturated carbocycles. The Morgan fingerprint density at radius 2 is 1.94 bits per heavy atom. The maximum absolute atomic E-state index is 15.5. The van der Waals surface area contributed by atoms with Gasteiger partial charge in [-0.25, -0.2) is 8.78 Å². The number of aliphatic hydroxyl groups excluding tert-OH is 1. The molecule has 0 aliphatic carbocycles. The summed E-state index contributed by atoms with van der Waals surface area (Å²) >= 11 is 6.33. The Bertz CT molecular complexity index is 1170. The Labute approximate surface area is 188 Å². The smallest absolute Gasteiger partial charge is 0.173 e. The summed E-state index contributed by atoms with van der Waals surface area (Å²) in [5.41, 5.74) is 6.09. The number of ether oxygens (including phenoxy) is 2. The van der Waals surface area contributed by atoms with Crippen LogP contribution in [0.3, 0.4) is 0 Å². The van der Waals surface area contributed by atoms with Gasteiger partial charge in [0.15, 0.2) is 23.5 Å². The number of fused-ring (bicyclic) bond motifs is 1. The first-order valence-corrected chi connectivity index (χ1v) is 10.3. The van der Waals surface area contributed by atoms with Crippen molar-refractivity contribution in [1.29, 1.82) is 0 Å². The lowest BCUT2D eigenvalue weighted by atomic mass is 9.85. The van der Waals surface area contributed by atoms with E-state index in [1.807, 2.05) is 30.3 Å². The Balaban J connectivity index is 1.94. The molecule has 1 atom stereocenters. The summed E-state index contributed by atoms with van der Waals surface area (Å²) in [5, 5.41) is 8.66. The lowest BCUT2D eigenvalue weighted by molar-refractivity contribution is 0.103. The van der Waals surface area contributed by atoms with Gasteiger partial charge in [0.25, 0.3) is 0 Å².